The van der Waals surface area contributed by atoms with E-state index in [0.29, 0.717) is 35.3 Å². The van der Waals surface area contributed by atoms with Crippen LogP contribution in [0.5, 0.6) is 0 Å². The van der Waals surface area contributed by atoms with E-state index in [4.69, 9.17) is 27.9 Å². The quantitative estimate of drug-likeness (QED) is 0.720. The highest BCUT2D eigenvalue weighted by Gasteiger charge is 2.13. The molecule has 6 nitrogen and oxygen atoms in total. The molecular formula is C17H17Cl2N3O3. The zero-order chi connectivity index (χ0) is 18.2. The Hall–Kier alpha value is -2.15. The van der Waals surface area contributed by atoms with Gasteiger partial charge in [-0.3, -0.25) is 9.59 Å². The largest absolute Gasteiger partial charge is 0.385 e. The lowest BCUT2D eigenvalue weighted by Crippen LogP contribution is -2.27. The Balaban J connectivity index is 2.05. The first-order valence-electron chi connectivity index (χ1n) is 7.52. The highest BCUT2D eigenvalue weighted by Crippen LogP contribution is 2.25. The Bertz CT molecular complexity index is 769. The highest BCUT2D eigenvalue weighted by molar-refractivity contribution is 6.35. The first kappa shape index (κ1) is 19.2. The summed E-state index contributed by atoms with van der Waals surface area (Å²) in [5.74, 6) is -0.843. The van der Waals surface area contributed by atoms with E-state index in [1.165, 1.54) is 18.2 Å². The number of nitrogens with one attached hydrogen (secondary N) is 2. The second kappa shape index (κ2) is 9.36. The SMILES string of the molecule is COCCCNC(=O)c1cccc(C(=O)Nc2cc(Cl)ccc2Cl)n1. The second-order valence-electron chi connectivity index (χ2n) is 5.09. The lowest BCUT2D eigenvalue weighted by molar-refractivity contribution is 0.0943. The van der Waals surface area contributed by atoms with Crippen molar-refractivity contribution in [2.24, 2.45) is 0 Å². The topological polar surface area (TPSA) is 80.3 Å². The van der Waals surface area contributed by atoms with E-state index < -0.39 is 5.91 Å². The van der Waals surface area contributed by atoms with Crippen molar-refractivity contribution in [2.75, 3.05) is 25.6 Å². The van der Waals surface area contributed by atoms with Crippen LogP contribution in [0.15, 0.2) is 36.4 Å². The van der Waals surface area contributed by atoms with Gasteiger partial charge in [0.2, 0.25) is 0 Å². The maximum Gasteiger partial charge on any atom is 0.274 e. The smallest absolute Gasteiger partial charge is 0.274 e. The van der Waals surface area contributed by atoms with Crippen LogP contribution in [0, 0.1) is 0 Å². The Morgan fingerprint density at radius 1 is 1.12 bits per heavy atom. The molecule has 1 aromatic carbocycles. The van der Waals surface area contributed by atoms with Gasteiger partial charge < -0.3 is 15.4 Å². The van der Waals surface area contributed by atoms with Gasteiger partial charge in [0, 0.05) is 25.3 Å². The third kappa shape index (κ3) is 5.70. The number of hydrogen-bond donors (Lipinski definition) is 2. The summed E-state index contributed by atoms with van der Waals surface area (Å²) in [6, 6.07) is 9.37. The molecule has 0 aliphatic heterocycles. The molecule has 0 radical (unpaired) electrons. The van der Waals surface area contributed by atoms with Gasteiger partial charge in [-0.25, -0.2) is 4.98 Å². The minimum Gasteiger partial charge on any atom is -0.385 e. The normalized spacial score (nSPS) is 10.4. The van der Waals surface area contributed by atoms with E-state index in [1.54, 1.807) is 25.3 Å². The predicted octanol–water partition coefficient (Wildman–Crippen LogP) is 3.41. The Kier molecular flexibility index (Phi) is 7.18. The molecule has 2 aromatic rings. The lowest BCUT2D eigenvalue weighted by Gasteiger charge is -2.08. The van der Waals surface area contributed by atoms with Gasteiger partial charge in [-0.15, -0.1) is 0 Å². The minimum absolute atomic E-state index is 0.0978. The predicted molar refractivity (Wildman–Crippen MR) is 97.5 cm³/mol. The molecule has 0 saturated carbocycles. The number of rotatable bonds is 7. The molecule has 2 N–H and O–H groups in total. The standard InChI is InChI=1S/C17H17Cl2N3O3/c1-25-9-3-8-20-16(23)13-4-2-5-14(21-13)17(24)22-15-10-11(18)6-7-12(15)19/h2,4-7,10H,3,8-9H2,1H3,(H,20,23)(H,22,24). The van der Waals surface area contributed by atoms with Gasteiger partial charge in [0.05, 0.1) is 10.7 Å². The number of halogens is 2. The number of benzene rings is 1. The summed E-state index contributed by atoms with van der Waals surface area (Å²) in [6.45, 7) is 1.01. The third-order valence-corrected chi connectivity index (χ3v) is 3.77. The number of methoxy groups -OCH3 is 1. The van der Waals surface area contributed by atoms with E-state index in [1.807, 2.05) is 0 Å². The summed E-state index contributed by atoms with van der Waals surface area (Å²) < 4.78 is 4.91. The van der Waals surface area contributed by atoms with Crippen molar-refractivity contribution in [1.29, 1.82) is 0 Å². The van der Waals surface area contributed by atoms with Crippen LogP contribution in [0.25, 0.3) is 0 Å². The second-order valence-corrected chi connectivity index (χ2v) is 5.93. The van der Waals surface area contributed by atoms with Crippen molar-refractivity contribution in [2.45, 2.75) is 6.42 Å². The fourth-order valence-electron chi connectivity index (χ4n) is 1.98. The van der Waals surface area contributed by atoms with E-state index in [2.05, 4.69) is 15.6 Å². The fraction of sp³-hybridized carbons (Fsp3) is 0.235. The molecule has 0 spiro atoms. The molecule has 0 saturated heterocycles. The molecule has 0 atom stereocenters. The third-order valence-electron chi connectivity index (χ3n) is 3.20. The molecule has 1 heterocycles. The monoisotopic (exact) mass is 381 g/mol. The van der Waals surface area contributed by atoms with Gasteiger partial charge >= 0.3 is 0 Å². The van der Waals surface area contributed by atoms with Crippen LogP contribution < -0.4 is 10.6 Å². The average Bonchev–Trinajstić information content (AvgIpc) is 2.61. The molecule has 2 rings (SSSR count). The molecule has 0 aliphatic carbocycles. The average molecular weight is 382 g/mol. The molecule has 0 fully saturated rings. The number of amides is 2. The van der Waals surface area contributed by atoms with Gasteiger partial charge in [0.25, 0.3) is 11.8 Å². The van der Waals surface area contributed by atoms with Crippen molar-refractivity contribution in [3.8, 4) is 0 Å². The highest BCUT2D eigenvalue weighted by atomic mass is 35.5. The number of ether oxygens (including phenoxy) is 1. The van der Waals surface area contributed by atoms with E-state index in [9.17, 15) is 9.59 Å². The molecular weight excluding hydrogens is 365 g/mol. The minimum atomic E-state index is -0.488. The Morgan fingerprint density at radius 3 is 2.56 bits per heavy atom. The number of carbonyl (C=O) groups excluding carboxylic acids is 2. The van der Waals surface area contributed by atoms with Crippen molar-refractivity contribution in [3.05, 3.63) is 57.8 Å². The Labute approximate surface area is 155 Å². The van der Waals surface area contributed by atoms with E-state index >= 15 is 0 Å². The lowest BCUT2D eigenvalue weighted by atomic mass is 10.2. The first-order valence-corrected chi connectivity index (χ1v) is 8.27. The molecule has 0 unspecified atom stereocenters. The molecule has 1 aromatic heterocycles. The zero-order valence-electron chi connectivity index (χ0n) is 13.5. The zero-order valence-corrected chi connectivity index (χ0v) is 15.0. The van der Waals surface area contributed by atoms with Crippen molar-refractivity contribution < 1.29 is 14.3 Å². The maximum atomic E-state index is 12.3. The first-order chi connectivity index (χ1) is 12.0. The van der Waals surface area contributed by atoms with Crippen LogP contribution in [-0.4, -0.2) is 37.1 Å². The van der Waals surface area contributed by atoms with E-state index in [0.717, 1.165) is 0 Å². The number of nitrogens with zero attached hydrogens (tertiary/aromatic N) is 1. The van der Waals surface area contributed by atoms with Crippen molar-refractivity contribution >= 4 is 40.7 Å². The molecule has 132 valence electrons. The summed E-state index contributed by atoms with van der Waals surface area (Å²) >= 11 is 11.9. The van der Waals surface area contributed by atoms with Gasteiger partial charge in [-0.2, -0.15) is 0 Å². The van der Waals surface area contributed by atoms with Gasteiger partial charge in [-0.05, 0) is 36.8 Å². The maximum absolute atomic E-state index is 12.3. The van der Waals surface area contributed by atoms with Crippen LogP contribution in [0.3, 0.4) is 0 Å². The summed E-state index contributed by atoms with van der Waals surface area (Å²) in [5.41, 5.74) is 0.623. The van der Waals surface area contributed by atoms with Crippen LogP contribution in [-0.2, 0) is 4.74 Å². The molecule has 8 heteroatoms. The van der Waals surface area contributed by atoms with Gasteiger partial charge in [-0.1, -0.05) is 29.3 Å². The van der Waals surface area contributed by atoms with Crippen LogP contribution in [0.4, 0.5) is 5.69 Å². The van der Waals surface area contributed by atoms with Crippen molar-refractivity contribution in [3.63, 3.8) is 0 Å². The van der Waals surface area contributed by atoms with Crippen LogP contribution in [0.2, 0.25) is 10.0 Å². The number of carbonyl (C=O) groups is 2. The molecule has 0 bridgehead atoms. The summed E-state index contributed by atoms with van der Waals surface area (Å²) in [5, 5.41) is 6.13. The molecule has 25 heavy (non-hydrogen) atoms. The summed E-state index contributed by atoms with van der Waals surface area (Å²) in [4.78, 5) is 28.5. The summed E-state index contributed by atoms with van der Waals surface area (Å²) in [6.07, 6.45) is 0.690. The van der Waals surface area contributed by atoms with Crippen molar-refractivity contribution in [1.82, 2.24) is 10.3 Å². The number of pyridine rings is 1. The number of hydrogen-bond acceptors (Lipinski definition) is 4. The summed E-state index contributed by atoms with van der Waals surface area (Å²) in [7, 11) is 1.59. The Morgan fingerprint density at radius 2 is 1.84 bits per heavy atom. The van der Waals surface area contributed by atoms with Gasteiger partial charge in [0.15, 0.2) is 0 Å². The van der Waals surface area contributed by atoms with Crippen LogP contribution in [0.1, 0.15) is 27.4 Å². The fourth-order valence-corrected chi connectivity index (χ4v) is 2.31. The van der Waals surface area contributed by atoms with Gasteiger partial charge in [0.1, 0.15) is 11.4 Å². The molecule has 2 amide bonds. The van der Waals surface area contributed by atoms with E-state index in [-0.39, 0.29) is 17.3 Å². The van der Waals surface area contributed by atoms with Crippen LogP contribution >= 0.6 is 23.2 Å². The number of aromatic nitrogens is 1. The molecule has 0 aliphatic rings. The number of anilines is 1.